The average Bonchev–Trinajstić information content (AvgIpc) is 1.84. The van der Waals surface area contributed by atoms with Crippen molar-refractivity contribution in [3.8, 4) is 0 Å². The molecular weight excluding hydrogens is 184 g/mol. The molecule has 1 N–H and O–H groups in total. The summed E-state index contributed by atoms with van der Waals surface area (Å²) >= 11 is 0. The Morgan fingerprint density at radius 1 is 1.58 bits per heavy atom. The fraction of sp³-hybridized carbons (Fsp3) is 0.500. The molecule has 0 aromatic rings. The molecule has 0 spiro atoms. The molecule has 0 aliphatic carbocycles. The fourth-order valence-corrected chi connectivity index (χ4v) is 1.06. The van der Waals surface area contributed by atoms with Crippen molar-refractivity contribution in [2.75, 3.05) is 6.61 Å². The van der Waals surface area contributed by atoms with Gasteiger partial charge >= 0.3 is 5.97 Å². The van der Waals surface area contributed by atoms with E-state index in [1.54, 1.807) is 6.92 Å². The van der Waals surface area contributed by atoms with Crippen molar-refractivity contribution in [3.05, 3.63) is 11.0 Å². The monoisotopic (exact) mass is 194 g/mol. The lowest BCUT2D eigenvalue weighted by Crippen LogP contribution is -2.07. The lowest BCUT2D eigenvalue weighted by atomic mass is 10.4. The summed E-state index contributed by atoms with van der Waals surface area (Å²) in [6.45, 7) is 3.00. The van der Waals surface area contributed by atoms with Crippen LogP contribution in [-0.4, -0.2) is 25.5 Å². The molecule has 70 valence electrons. The first kappa shape index (κ1) is 11.1. The van der Waals surface area contributed by atoms with E-state index in [0.717, 1.165) is 0 Å². The van der Waals surface area contributed by atoms with Crippen molar-refractivity contribution in [1.29, 1.82) is 0 Å². The van der Waals surface area contributed by atoms with Crippen LogP contribution in [0.15, 0.2) is 11.0 Å². The molecule has 0 atom stereocenters. The fourth-order valence-electron chi connectivity index (χ4n) is 0.516. The first-order chi connectivity index (χ1) is 5.37. The average molecular weight is 194 g/mol. The van der Waals surface area contributed by atoms with Crippen molar-refractivity contribution in [1.82, 2.24) is 0 Å². The molecule has 0 saturated heterocycles. The van der Waals surface area contributed by atoms with Crippen LogP contribution in [0.1, 0.15) is 13.8 Å². The zero-order valence-corrected chi connectivity index (χ0v) is 7.59. The number of rotatable bonds is 3. The van der Waals surface area contributed by atoms with Crippen LogP contribution in [0.5, 0.6) is 0 Å². The normalized spacial score (nSPS) is 12.8. The van der Waals surface area contributed by atoms with Gasteiger partial charge in [0, 0.05) is 5.57 Å². The predicted octanol–water partition coefficient (Wildman–Crippen LogP) is 0.341. The van der Waals surface area contributed by atoms with Crippen LogP contribution in [-0.2, 0) is 19.6 Å². The van der Waals surface area contributed by atoms with Gasteiger partial charge in [0.2, 0.25) is 0 Å². The highest BCUT2D eigenvalue weighted by Crippen LogP contribution is 1.99. The Kier molecular flexibility index (Phi) is 3.91. The van der Waals surface area contributed by atoms with Crippen molar-refractivity contribution in [2.24, 2.45) is 0 Å². The molecule has 0 aliphatic heterocycles. The van der Waals surface area contributed by atoms with Gasteiger partial charge < -0.3 is 4.74 Å². The van der Waals surface area contributed by atoms with Crippen LogP contribution in [0.3, 0.4) is 0 Å². The minimum absolute atomic E-state index is 0.153. The molecule has 0 rings (SSSR count). The third-order valence-electron chi connectivity index (χ3n) is 0.923. The van der Waals surface area contributed by atoms with Crippen LogP contribution >= 0.6 is 0 Å². The van der Waals surface area contributed by atoms with Gasteiger partial charge in [-0.05, 0) is 13.8 Å². The highest BCUT2D eigenvalue weighted by atomic mass is 32.2. The first-order valence-corrected chi connectivity index (χ1v) is 4.70. The summed E-state index contributed by atoms with van der Waals surface area (Å²) < 4.78 is 33.2. The molecule has 0 heterocycles. The summed E-state index contributed by atoms with van der Waals surface area (Å²) in [6.07, 6.45) is 0. The largest absolute Gasteiger partial charge is 0.463 e. The van der Waals surface area contributed by atoms with Gasteiger partial charge in [0.25, 0.3) is 10.1 Å². The maximum Gasteiger partial charge on any atom is 0.334 e. The molecule has 0 aromatic heterocycles. The van der Waals surface area contributed by atoms with E-state index >= 15 is 0 Å². The molecule has 0 aliphatic rings. The topological polar surface area (TPSA) is 80.7 Å². The maximum absolute atomic E-state index is 10.8. The Balaban J connectivity index is 4.50. The quantitative estimate of drug-likeness (QED) is 0.398. The third-order valence-corrected chi connectivity index (χ3v) is 1.57. The number of carbonyl (C=O) groups is 1. The number of hydrogen-bond donors (Lipinski definition) is 1. The zero-order valence-electron chi connectivity index (χ0n) is 6.77. The smallest absolute Gasteiger partial charge is 0.334 e. The number of carbonyl (C=O) groups excluding carboxylic acids is 1. The lowest BCUT2D eigenvalue weighted by Gasteiger charge is -1.99. The van der Waals surface area contributed by atoms with Crippen LogP contribution in [0, 0.1) is 0 Å². The van der Waals surface area contributed by atoms with E-state index in [1.165, 1.54) is 6.92 Å². The molecule has 0 saturated carbocycles. The maximum atomic E-state index is 10.8. The minimum atomic E-state index is -4.25. The highest BCUT2D eigenvalue weighted by Gasteiger charge is 2.08. The standard InChI is InChI=1S/C6H10O5S/c1-3-11-6(7)5(2)4-12(8,9)10/h4H,3H2,1-2H3,(H,8,9,10)/b5-4+. The lowest BCUT2D eigenvalue weighted by molar-refractivity contribution is -0.138. The summed E-state index contributed by atoms with van der Waals surface area (Å²) in [5.41, 5.74) is -0.153. The van der Waals surface area contributed by atoms with Gasteiger partial charge in [0.1, 0.15) is 0 Å². The molecule has 0 amide bonds. The summed E-state index contributed by atoms with van der Waals surface area (Å²) in [5.74, 6) is -0.755. The van der Waals surface area contributed by atoms with Crippen LogP contribution in [0.2, 0.25) is 0 Å². The SMILES string of the molecule is CCOC(=O)/C(C)=C/S(=O)(=O)O. The molecule has 0 aromatic carbocycles. The molecule has 5 nitrogen and oxygen atoms in total. The van der Waals surface area contributed by atoms with E-state index in [0.29, 0.717) is 5.41 Å². The molecule has 0 fully saturated rings. The predicted molar refractivity (Wildman–Crippen MR) is 41.9 cm³/mol. The molecule has 6 heteroatoms. The second-order valence-corrected chi connectivity index (χ2v) is 3.30. The van der Waals surface area contributed by atoms with E-state index in [1.807, 2.05) is 0 Å². The van der Waals surface area contributed by atoms with Crippen molar-refractivity contribution in [2.45, 2.75) is 13.8 Å². The molecule has 0 bridgehead atoms. The highest BCUT2D eigenvalue weighted by molar-refractivity contribution is 7.88. The molecule has 0 unspecified atom stereocenters. The Morgan fingerprint density at radius 3 is 2.42 bits per heavy atom. The van der Waals surface area contributed by atoms with Crippen LogP contribution in [0.25, 0.3) is 0 Å². The van der Waals surface area contributed by atoms with Crippen molar-refractivity contribution < 1.29 is 22.5 Å². The minimum Gasteiger partial charge on any atom is -0.463 e. The van der Waals surface area contributed by atoms with Gasteiger partial charge in [-0.1, -0.05) is 0 Å². The number of ether oxygens (including phenoxy) is 1. The van der Waals surface area contributed by atoms with Crippen LogP contribution < -0.4 is 0 Å². The Labute approximate surface area is 70.8 Å². The van der Waals surface area contributed by atoms with Gasteiger partial charge in [0.15, 0.2) is 0 Å². The van der Waals surface area contributed by atoms with Gasteiger partial charge in [-0.3, -0.25) is 4.55 Å². The number of hydrogen-bond acceptors (Lipinski definition) is 4. The van der Waals surface area contributed by atoms with Gasteiger partial charge in [0.05, 0.1) is 12.0 Å². The van der Waals surface area contributed by atoms with Gasteiger partial charge in [-0.15, -0.1) is 0 Å². The summed E-state index contributed by atoms with van der Waals surface area (Å²) in [6, 6.07) is 0. The second kappa shape index (κ2) is 4.22. The third kappa shape index (κ3) is 4.86. The molecular formula is C6H10O5S. The Morgan fingerprint density at radius 2 is 2.08 bits per heavy atom. The van der Waals surface area contributed by atoms with Crippen molar-refractivity contribution >= 4 is 16.1 Å². The van der Waals surface area contributed by atoms with E-state index in [2.05, 4.69) is 4.74 Å². The summed E-state index contributed by atoms with van der Waals surface area (Å²) in [4.78, 5) is 10.8. The van der Waals surface area contributed by atoms with Gasteiger partial charge in [-0.25, -0.2) is 4.79 Å². The first-order valence-electron chi connectivity index (χ1n) is 3.19. The van der Waals surface area contributed by atoms with E-state index in [-0.39, 0.29) is 12.2 Å². The van der Waals surface area contributed by atoms with E-state index in [4.69, 9.17) is 4.55 Å². The van der Waals surface area contributed by atoms with Crippen molar-refractivity contribution in [3.63, 3.8) is 0 Å². The Hall–Kier alpha value is -0.880. The molecule has 0 radical (unpaired) electrons. The van der Waals surface area contributed by atoms with Crippen LogP contribution in [0.4, 0.5) is 0 Å². The van der Waals surface area contributed by atoms with E-state index in [9.17, 15) is 13.2 Å². The van der Waals surface area contributed by atoms with Gasteiger partial charge in [-0.2, -0.15) is 8.42 Å². The zero-order chi connectivity index (χ0) is 9.78. The summed E-state index contributed by atoms with van der Waals surface area (Å²) in [7, 11) is -4.25. The summed E-state index contributed by atoms with van der Waals surface area (Å²) in [5, 5.41) is 0.449. The second-order valence-electron chi connectivity index (χ2n) is 2.04. The Bertz CT molecular complexity index is 287. The number of esters is 1. The van der Waals surface area contributed by atoms with E-state index < -0.39 is 16.1 Å². The molecule has 12 heavy (non-hydrogen) atoms.